The van der Waals surface area contributed by atoms with Gasteiger partial charge < -0.3 is 9.64 Å². The van der Waals surface area contributed by atoms with Gasteiger partial charge in [0.2, 0.25) is 0 Å². The lowest BCUT2D eigenvalue weighted by Gasteiger charge is -2.33. The van der Waals surface area contributed by atoms with Crippen LogP contribution in [0.15, 0.2) is 22.7 Å². The summed E-state index contributed by atoms with van der Waals surface area (Å²) in [6.45, 7) is 0.558. The Balaban J connectivity index is 2.27. The Morgan fingerprint density at radius 1 is 1.35 bits per heavy atom. The molecule has 20 heavy (non-hydrogen) atoms. The number of hydrogen-bond donors (Lipinski definition) is 0. The van der Waals surface area contributed by atoms with Gasteiger partial charge >= 0.3 is 5.97 Å². The standard InChI is InChI=1S/C14H15BrClNO3/c1-20-14(19)12-4-2-3-5-17(12)13(18)9-6-10(15)8-11(16)7-9/h6-8,12H,2-5H2,1H3. The summed E-state index contributed by atoms with van der Waals surface area (Å²) >= 11 is 9.28. The SMILES string of the molecule is COC(=O)C1CCCCN1C(=O)c1cc(Cl)cc(Br)c1. The second kappa shape index (κ2) is 6.59. The summed E-state index contributed by atoms with van der Waals surface area (Å²) in [4.78, 5) is 25.9. The average Bonchev–Trinajstić information content (AvgIpc) is 2.44. The number of benzene rings is 1. The van der Waals surface area contributed by atoms with Gasteiger partial charge in [-0.2, -0.15) is 0 Å². The van der Waals surface area contributed by atoms with Crippen LogP contribution < -0.4 is 0 Å². The summed E-state index contributed by atoms with van der Waals surface area (Å²) in [5, 5.41) is 0.481. The number of carbonyl (C=O) groups is 2. The summed E-state index contributed by atoms with van der Waals surface area (Å²) in [7, 11) is 1.34. The topological polar surface area (TPSA) is 46.6 Å². The molecule has 1 fully saturated rings. The van der Waals surface area contributed by atoms with Crippen molar-refractivity contribution >= 4 is 39.4 Å². The Morgan fingerprint density at radius 3 is 2.75 bits per heavy atom. The molecule has 1 amide bonds. The van der Waals surface area contributed by atoms with Crippen molar-refractivity contribution in [3.8, 4) is 0 Å². The largest absolute Gasteiger partial charge is 0.467 e. The molecule has 6 heteroatoms. The molecule has 1 saturated heterocycles. The normalized spacial score (nSPS) is 18.8. The predicted octanol–water partition coefficient (Wildman–Crippen LogP) is 3.27. The van der Waals surface area contributed by atoms with E-state index in [1.54, 1.807) is 23.1 Å². The molecule has 1 atom stereocenters. The average molecular weight is 361 g/mol. The molecule has 0 N–H and O–H groups in total. The molecule has 1 aliphatic heterocycles. The molecule has 0 aliphatic carbocycles. The van der Waals surface area contributed by atoms with E-state index in [0.717, 1.165) is 17.3 Å². The van der Waals surface area contributed by atoms with Crippen LogP contribution in [0.2, 0.25) is 5.02 Å². The van der Waals surface area contributed by atoms with E-state index >= 15 is 0 Å². The minimum Gasteiger partial charge on any atom is -0.467 e. The first kappa shape index (κ1) is 15.3. The van der Waals surface area contributed by atoms with Crippen molar-refractivity contribution in [2.45, 2.75) is 25.3 Å². The summed E-state index contributed by atoms with van der Waals surface area (Å²) in [5.74, 6) is -0.553. The van der Waals surface area contributed by atoms with Crippen molar-refractivity contribution < 1.29 is 14.3 Å². The predicted molar refractivity (Wildman–Crippen MR) is 79.8 cm³/mol. The highest BCUT2D eigenvalue weighted by Crippen LogP contribution is 2.24. The van der Waals surface area contributed by atoms with E-state index in [1.807, 2.05) is 0 Å². The van der Waals surface area contributed by atoms with Crippen molar-refractivity contribution in [1.82, 2.24) is 4.90 Å². The van der Waals surface area contributed by atoms with Gasteiger partial charge in [-0.1, -0.05) is 27.5 Å². The Hall–Kier alpha value is -1.07. The second-order valence-electron chi connectivity index (χ2n) is 4.69. The maximum Gasteiger partial charge on any atom is 0.328 e. The Morgan fingerprint density at radius 2 is 2.10 bits per heavy atom. The van der Waals surface area contributed by atoms with Crippen molar-refractivity contribution in [3.63, 3.8) is 0 Å². The number of carbonyl (C=O) groups excluding carboxylic acids is 2. The lowest BCUT2D eigenvalue weighted by atomic mass is 10.0. The first-order valence-corrected chi connectivity index (χ1v) is 7.55. The van der Waals surface area contributed by atoms with E-state index < -0.39 is 6.04 Å². The molecule has 1 aromatic rings. The molecule has 0 bridgehead atoms. The van der Waals surface area contributed by atoms with E-state index in [-0.39, 0.29) is 11.9 Å². The van der Waals surface area contributed by atoms with Crippen LogP contribution in [0.3, 0.4) is 0 Å². The third-order valence-corrected chi connectivity index (χ3v) is 4.02. The molecule has 0 radical (unpaired) electrons. The smallest absolute Gasteiger partial charge is 0.328 e. The fourth-order valence-electron chi connectivity index (χ4n) is 2.40. The van der Waals surface area contributed by atoms with Crippen LogP contribution in [-0.4, -0.2) is 36.5 Å². The van der Waals surface area contributed by atoms with Crippen LogP contribution in [0.1, 0.15) is 29.6 Å². The zero-order valence-electron chi connectivity index (χ0n) is 11.1. The molecular formula is C14H15BrClNO3. The molecule has 4 nitrogen and oxygen atoms in total. The molecule has 108 valence electrons. The number of nitrogens with zero attached hydrogens (tertiary/aromatic N) is 1. The molecule has 0 spiro atoms. The third-order valence-electron chi connectivity index (χ3n) is 3.35. The van der Waals surface area contributed by atoms with Gasteiger partial charge in [0.05, 0.1) is 7.11 Å². The van der Waals surface area contributed by atoms with Gasteiger partial charge in [0.15, 0.2) is 0 Å². The van der Waals surface area contributed by atoms with Crippen LogP contribution >= 0.6 is 27.5 Å². The van der Waals surface area contributed by atoms with Gasteiger partial charge in [0, 0.05) is 21.6 Å². The summed E-state index contributed by atoms with van der Waals surface area (Å²) in [6.07, 6.45) is 2.45. The van der Waals surface area contributed by atoms with Crippen molar-refractivity contribution in [3.05, 3.63) is 33.3 Å². The van der Waals surface area contributed by atoms with Crippen LogP contribution in [-0.2, 0) is 9.53 Å². The fourth-order valence-corrected chi connectivity index (χ4v) is 3.26. The summed E-state index contributed by atoms with van der Waals surface area (Å²) in [5.41, 5.74) is 0.472. The molecular weight excluding hydrogens is 346 g/mol. The number of halogens is 2. The number of hydrogen-bond acceptors (Lipinski definition) is 3. The summed E-state index contributed by atoms with van der Waals surface area (Å²) in [6, 6.07) is 4.53. The van der Waals surface area contributed by atoms with E-state index in [4.69, 9.17) is 16.3 Å². The minimum atomic E-state index is -0.501. The van der Waals surface area contributed by atoms with Crippen LogP contribution in [0.4, 0.5) is 0 Å². The number of ether oxygens (including phenoxy) is 1. The lowest BCUT2D eigenvalue weighted by molar-refractivity contribution is -0.147. The highest BCUT2D eigenvalue weighted by molar-refractivity contribution is 9.10. The van der Waals surface area contributed by atoms with E-state index in [0.29, 0.717) is 23.6 Å². The molecule has 1 aliphatic rings. The maximum atomic E-state index is 12.6. The highest BCUT2D eigenvalue weighted by Gasteiger charge is 2.33. The number of methoxy groups -OCH3 is 1. The second-order valence-corrected chi connectivity index (χ2v) is 6.04. The van der Waals surface area contributed by atoms with Crippen LogP contribution in [0.5, 0.6) is 0 Å². The molecule has 1 unspecified atom stereocenters. The monoisotopic (exact) mass is 359 g/mol. The number of esters is 1. The first-order chi connectivity index (χ1) is 9.52. The highest BCUT2D eigenvalue weighted by atomic mass is 79.9. The van der Waals surface area contributed by atoms with E-state index in [2.05, 4.69) is 15.9 Å². The Bertz CT molecular complexity index is 515. The summed E-state index contributed by atoms with van der Waals surface area (Å²) < 4.78 is 5.52. The van der Waals surface area contributed by atoms with Gasteiger partial charge in [-0.3, -0.25) is 4.79 Å². The lowest BCUT2D eigenvalue weighted by Crippen LogP contribution is -2.48. The molecule has 0 aromatic heterocycles. The van der Waals surface area contributed by atoms with Gasteiger partial charge in [0.1, 0.15) is 6.04 Å². The zero-order chi connectivity index (χ0) is 14.7. The van der Waals surface area contributed by atoms with Crippen LogP contribution in [0.25, 0.3) is 0 Å². The fraction of sp³-hybridized carbons (Fsp3) is 0.429. The van der Waals surface area contributed by atoms with Crippen LogP contribution in [0, 0.1) is 0 Å². The van der Waals surface area contributed by atoms with Crippen molar-refractivity contribution in [1.29, 1.82) is 0 Å². The maximum absolute atomic E-state index is 12.6. The Labute approximate surface area is 131 Å². The van der Waals surface area contributed by atoms with Gasteiger partial charge in [-0.15, -0.1) is 0 Å². The van der Waals surface area contributed by atoms with E-state index in [9.17, 15) is 9.59 Å². The van der Waals surface area contributed by atoms with Gasteiger partial charge in [-0.05, 0) is 37.5 Å². The van der Waals surface area contributed by atoms with Gasteiger partial charge in [0.25, 0.3) is 5.91 Å². The first-order valence-electron chi connectivity index (χ1n) is 6.38. The number of piperidine rings is 1. The van der Waals surface area contributed by atoms with Crippen molar-refractivity contribution in [2.75, 3.05) is 13.7 Å². The van der Waals surface area contributed by atoms with Crippen molar-refractivity contribution in [2.24, 2.45) is 0 Å². The Kier molecular flexibility index (Phi) is 5.05. The third kappa shape index (κ3) is 3.33. The molecule has 0 saturated carbocycles. The molecule has 2 rings (SSSR count). The molecule has 1 heterocycles. The van der Waals surface area contributed by atoms with E-state index in [1.165, 1.54) is 7.11 Å². The quantitative estimate of drug-likeness (QED) is 0.761. The molecule has 1 aromatic carbocycles. The number of amides is 1. The van der Waals surface area contributed by atoms with Gasteiger partial charge in [-0.25, -0.2) is 4.79 Å². The number of rotatable bonds is 2. The minimum absolute atomic E-state index is 0.191. The number of likely N-dealkylation sites (tertiary alicyclic amines) is 1. The zero-order valence-corrected chi connectivity index (χ0v) is 13.4.